The highest BCUT2D eigenvalue weighted by atomic mass is 32.1. The van der Waals surface area contributed by atoms with E-state index < -0.39 is 12.3 Å². The van der Waals surface area contributed by atoms with E-state index in [1.54, 1.807) is 30.7 Å². The monoisotopic (exact) mass is 477 g/mol. The van der Waals surface area contributed by atoms with Gasteiger partial charge in [0, 0.05) is 37.1 Å². The van der Waals surface area contributed by atoms with Crippen LogP contribution in [-0.2, 0) is 0 Å². The molecule has 1 aliphatic rings. The van der Waals surface area contributed by atoms with Crippen LogP contribution in [-0.4, -0.2) is 55.5 Å². The van der Waals surface area contributed by atoms with Crippen LogP contribution in [0.4, 0.5) is 10.8 Å². The molecule has 3 heterocycles. The van der Waals surface area contributed by atoms with Gasteiger partial charge in [-0.3, -0.25) is 9.88 Å². The summed E-state index contributed by atoms with van der Waals surface area (Å²) in [5, 5.41) is 24.0. The van der Waals surface area contributed by atoms with E-state index in [4.69, 9.17) is 4.74 Å². The normalized spacial score (nSPS) is 16.9. The van der Waals surface area contributed by atoms with Crippen LogP contribution in [0.2, 0.25) is 0 Å². The van der Waals surface area contributed by atoms with Crippen LogP contribution in [0.25, 0.3) is 10.2 Å². The summed E-state index contributed by atoms with van der Waals surface area (Å²) < 4.78 is 7.26. The molecule has 0 aliphatic carbocycles. The van der Waals surface area contributed by atoms with Gasteiger partial charge in [-0.2, -0.15) is 0 Å². The Kier molecular flexibility index (Phi) is 6.68. The minimum absolute atomic E-state index is 0.182. The third-order valence-corrected chi connectivity index (χ3v) is 6.98. The van der Waals surface area contributed by atoms with Crippen LogP contribution < -0.4 is 10.1 Å². The van der Waals surface area contributed by atoms with Gasteiger partial charge in [0.25, 0.3) is 0 Å². The van der Waals surface area contributed by atoms with Crippen LogP contribution in [0.1, 0.15) is 31.4 Å². The number of aliphatic hydroxyl groups is 2. The Hall–Kier alpha value is -3.11. The number of anilines is 2. The number of benzene rings is 2. The van der Waals surface area contributed by atoms with Crippen molar-refractivity contribution >= 4 is 32.4 Å². The lowest BCUT2D eigenvalue weighted by Gasteiger charge is -2.36. The van der Waals surface area contributed by atoms with Crippen molar-refractivity contribution in [2.45, 2.75) is 38.0 Å². The fourth-order valence-corrected chi connectivity index (χ4v) is 5.09. The van der Waals surface area contributed by atoms with Crippen molar-refractivity contribution in [3.05, 3.63) is 66.6 Å². The van der Waals surface area contributed by atoms with Gasteiger partial charge in [0.1, 0.15) is 17.7 Å². The van der Waals surface area contributed by atoms with E-state index in [0.29, 0.717) is 24.7 Å². The molecule has 9 heteroatoms. The topological polar surface area (TPSA) is 104 Å². The maximum Gasteiger partial charge on any atom is 0.241 e. The molecule has 0 bridgehead atoms. The summed E-state index contributed by atoms with van der Waals surface area (Å²) in [5.41, 5.74) is 2.73. The highest BCUT2D eigenvalue weighted by Crippen LogP contribution is 2.34. The zero-order chi connectivity index (χ0) is 23.5. The zero-order valence-electron chi connectivity index (χ0n) is 18.8. The van der Waals surface area contributed by atoms with Crippen molar-refractivity contribution < 1.29 is 14.9 Å². The lowest BCUT2D eigenvalue weighted by atomic mass is 9.93. The summed E-state index contributed by atoms with van der Waals surface area (Å²) in [7, 11) is 0. The molecule has 1 fully saturated rings. The minimum atomic E-state index is -0.839. The number of hydrogen-bond donors (Lipinski definition) is 3. The Bertz CT molecular complexity index is 1210. The van der Waals surface area contributed by atoms with Gasteiger partial charge in [-0.1, -0.05) is 23.5 Å². The van der Waals surface area contributed by atoms with Gasteiger partial charge in [0.2, 0.25) is 5.88 Å². The third kappa shape index (κ3) is 5.02. The fourth-order valence-electron chi connectivity index (χ4n) is 4.20. The van der Waals surface area contributed by atoms with E-state index in [0.717, 1.165) is 39.6 Å². The van der Waals surface area contributed by atoms with Crippen LogP contribution >= 0.6 is 11.3 Å². The summed E-state index contributed by atoms with van der Waals surface area (Å²) in [6.07, 6.45) is 3.32. The van der Waals surface area contributed by atoms with E-state index in [1.807, 2.05) is 47.4 Å². The first-order valence-corrected chi connectivity index (χ1v) is 12.2. The number of aromatic nitrogens is 3. The lowest BCUT2D eigenvalue weighted by molar-refractivity contribution is -0.0839. The van der Waals surface area contributed by atoms with E-state index in [1.165, 1.54) is 0 Å². The van der Waals surface area contributed by atoms with Crippen LogP contribution in [0.3, 0.4) is 0 Å². The summed E-state index contributed by atoms with van der Waals surface area (Å²) in [6, 6.07) is 15.8. The van der Waals surface area contributed by atoms with Gasteiger partial charge in [0.15, 0.2) is 5.13 Å². The second-order valence-electron chi connectivity index (χ2n) is 8.45. The van der Waals surface area contributed by atoms with E-state index >= 15 is 0 Å². The molecule has 0 radical (unpaired) electrons. The van der Waals surface area contributed by atoms with Crippen molar-refractivity contribution in [2.75, 3.05) is 18.4 Å². The number of para-hydroxylation sites is 1. The smallest absolute Gasteiger partial charge is 0.241 e. The standard InChI is InChI=1S/C25H27N5O3S/c1-16(31)24(32)30-14-10-17(11-15-30)22-23(27-13-12-26-22)33-19-8-6-18(7-9-19)28-25-29-20-4-2-3-5-21(20)34-25/h2-9,12-13,16-17,24,31-32H,10-11,14-15H2,1H3,(H,28,29). The molecule has 8 nitrogen and oxygen atoms in total. The van der Waals surface area contributed by atoms with Crippen LogP contribution in [0, 0.1) is 0 Å². The zero-order valence-corrected chi connectivity index (χ0v) is 19.7. The molecule has 176 valence electrons. The number of fused-ring (bicyclic) bond motifs is 1. The number of piperidine rings is 1. The average molecular weight is 478 g/mol. The van der Waals surface area contributed by atoms with Gasteiger partial charge in [-0.05, 0) is 56.2 Å². The Labute approximate surface area is 201 Å². The molecule has 1 saturated heterocycles. The molecule has 2 aromatic carbocycles. The van der Waals surface area contributed by atoms with Crippen LogP contribution in [0.15, 0.2) is 60.9 Å². The molecule has 5 rings (SSSR count). The molecule has 3 N–H and O–H groups in total. The number of likely N-dealkylation sites (tertiary alicyclic amines) is 1. The quantitative estimate of drug-likeness (QED) is 0.357. The molecule has 2 atom stereocenters. The second kappa shape index (κ2) is 10.0. The Morgan fingerprint density at radius 1 is 1.03 bits per heavy atom. The van der Waals surface area contributed by atoms with E-state index in [-0.39, 0.29) is 5.92 Å². The van der Waals surface area contributed by atoms with Gasteiger partial charge in [-0.25, -0.2) is 9.97 Å². The molecule has 2 unspecified atom stereocenters. The number of rotatable bonds is 7. The molecule has 34 heavy (non-hydrogen) atoms. The first-order valence-electron chi connectivity index (χ1n) is 11.4. The second-order valence-corrected chi connectivity index (χ2v) is 9.48. The Balaban J connectivity index is 1.24. The van der Waals surface area contributed by atoms with Gasteiger partial charge >= 0.3 is 0 Å². The first-order chi connectivity index (χ1) is 16.6. The van der Waals surface area contributed by atoms with Crippen molar-refractivity contribution in [1.82, 2.24) is 19.9 Å². The molecule has 0 saturated carbocycles. The predicted molar refractivity (Wildman–Crippen MR) is 133 cm³/mol. The number of hydrogen-bond acceptors (Lipinski definition) is 9. The minimum Gasteiger partial charge on any atom is -0.437 e. The van der Waals surface area contributed by atoms with Gasteiger partial charge in [-0.15, -0.1) is 0 Å². The molecule has 2 aromatic heterocycles. The third-order valence-electron chi connectivity index (χ3n) is 6.03. The first kappa shape index (κ1) is 22.7. The Morgan fingerprint density at radius 2 is 1.76 bits per heavy atom. The summed E-state index contributed by atoms with van der Waals surface area (Å²) in [4.78, 5) is 15.5. The number of aliphatic hydroxyl groups excluding tert-OH is 2. The summed E-state index contributed by atoms with van der Waals surface area (Å²) in [6.45, 7) is 2.96. The number of nitrogens with zero attached hydrogens (tertiary/aromatic N) is 4. The molecular weight excluding hydrogens is 450 g/mol. The van der Waals surface area contributed by atoms with Crippen molar-refractivity contribution in [3.8, 4) is 11.6 Å². The summed E-state index contributed by atoms with van der Waals surface area (Å²) in [5.74, 6) is 1.36. The summed E-state index contributed by atoms with van der Waals surface area (Å²) >= 11 is 1.62. The number of thiazole rings is 1. The number of nitrogens with one attached hydrogen (secondary N) is 1. The lowest BCUT2D eigenvalue weighted by Crippen LogP contribution is -2.46. The number of ether oxygens (including phenoxy) is 1. The maximum absolute atomic E-state index is 10.1. The SMILES string of the molecule is CC(O)C(O)N1CCC(c2nccnc2Oc2ccc(Nc3nc4ccccc4s3)cc2)CC1. The van der Waals surface area contributed by atoms with Crippen LogP contribution in [0.5, 0.6) is 11.6 Å². The van der Waals surface area contributed by atoms with Crippen molar-refractivity contribution in [2.24, 2.45) is 0 Å². The highest BCUT2D eigenvalue weighted by Gasteiger charge is 2.29. The Morgan fingerprint density at radius 3 is 2.50 bits per heavy atom. The maximum atomic E-state index is 10.1. The largest absolute Gasteiger partial charge is 0.437 e. The van der Waals surface area contributed by atoms with E-state index in [9.17, 15) is 10.2 Å². The van der Waals surface area contributed by atoms with Gasteiger partial charge in [0.05, 0.1) is 16.3 Å². The fraction of sp³-hybridized carbons (Fsp3) is 0.320. The molecule has 1 aliphatic heterocycles. The van der Waals surface area contributed by atoms with Crippen molar-refractivity contribution in [1.29, 1.82) is 0 Å². The average Bonchev–Trinajstić information content (AvgIpc) is 3.27. The molecule has 4 aromatic rings. The molecule has 0 amide bonds. The molecule has 0 spiro atoms. The predicted octanol–water partition coefficient (Wildman–Crippen LogP) is 4.50. The van der Waals surface area contributed by atoms with E-state index in [2.05, 4.69) is 26.3 Å². The van der Waals surface area contributed by atoms with Gasteiger partial charge < -0.3 is 20.3 Å². The van der Waals surface area contributed by atoms with Crippen molar-refractivity contribution in [3.63, 3.8) is 0 Å². The highest BCUT2D eigenvalue weighted by molar-refractivity contribution is 7.22. The molecular formula is C25H27N5O3S.